The van der Waals surface area contributed by atoms with Crippen LogP contribution in [0.2, 0.25) is 0 Å². The first-order valence-corrected chi connectivity index (χ1v) is 10.5. The molecule has 3 rings (SSSR count). The molecule has 2 aromatic carbocycles. The van der Waals surface area contributed by atoms with E-state index in [1.807, 2.05) is 48.5 Å². The summed E-state index contributed by atoms with van der Waals surface area (Å²) in [6.07, 6.45) is 0.526. The summed E-state index contributed by atoms with van der Waals surface area (Å²) in [6.45, 7) is 6.18. The van der Waals surface area contributed by atoms with Gasteiger partial charge in [-0.1, -0.05) is 39.0 Å². The van der Waals surface area contributed by atoms with Gasteiger partial charge in [-0.25, -0.2) is 4.79 Å². The quantitative estimate of drug-likeness (QED) is 0.243. The lowest BCUT2D eigenvalue weighted by Crippen LogP contribution is -2.19. The molecule has 0 amide bonds. The molecule has 3 N–H and O–H groups in total. The molecule has 1 heterocycles. The zero-order valence-corrected chi connectivity index (χ0v) is 17.9. The predicted octanol–water partition coefficient (Wildman–Crippen LogP) is 5.71. The summed E-state index contributed by atoms with van der Waals surface area (Å²) >= 11 is 6.98. The lowest BCUT2D eigenvalue weighted by Gasteiger charge is -2.20. The molecule has 1 aromatic heterocycles. The zero-order valence-electron chi connectivity index (χ0n) is 16.2. The summed E-state index contributed by atoms with van der Waals surface area (Å²) in [5.41, 5.74) is 8.54. The molecule has 146 valence electrons. The van der Waals surface area contributed by atoms with Crippen LogP contribution in [0.1, 0.15) is 43.2 Å². The SMILES string of the molecule is CC(C)(C)c1c(C(=O)OC(=S)CCSc2ccccc2)[nH]c2ccc(N)cc12. The molecule has 0 spiro atoms. The summed E-state index contributed by atoms with van der Waals surface area (Å²) in [5.74, 6) is 0.306. The van der Waals surface area contributed by atoms with E-state index in [0.717, 1.165) is 22.2 Å². The van der Waals surface area contributed by atoms with Crippen LogP contribution < -0.4 is 5.73 Å². The van der Waals surface area contributed by atoms with E-state index in [1.165, 1.54) is 4.90 Å². The topological polar surface area (TPSA) is 68.1 Å². The first-order valence-electron chi connectivity index (χ1n) is 9.10. The van der Waals surface area contributed by atoms with Crippen LogP contribution >= 0.6 is 24.0 Å². The molecule has 0 aliphatic rings. The summed E-state index contributed by atoms with van der Waals surface area (Å²) < 4.78 is 5.49. The number of aromatic amines is 1. The van der Waals surface area contributed by atoms with Crippen molar-refractivity contribution in [3.05, 3.63) is 59.8 Å². The minimum absolute atomic E-state index is 0.259. The Hall–Kier alpha value is -2.31. The van der Waals surface area contributed by atoms with Gasteiger partial charge in [-0.3, -0.25) is 0 Å². The van der Waals surface area contributed by atoms with Crippen LogP contribution in [0.4, 0.5) is 5.69 Å². The molecule has 0 bridgehead atoms. The van der Waals surface area contributed by atoms with E-state index in [0.29, 0.717) is 22.9 Å². The average Bonchev–Trinajstić information content (AvgIpc) is 3.01. The molecule has 0 saturated carbocycles. The number of aromatic nitrogens is 1. The maximum absolute atomic E-state index is 12.8. The van der Waals surface area contributed by atoms with Gasteiger partial charge >= 0.3 is 5.97 Å². The fourth-order valence-electron chi connectivity index (χ4n) is 3.12. The Morgan fingerprint density at radius 2 is 1.89 bits per heavy atom. The number of H-pyrrole nitrogens is 1. The molecule has 4 nitrogen and oxygen atoms in total. The number of fused-ring (bicyclic) bond motifs is 1. The first-order chi connectivity index (χ1) is 13.3. The second-order valence-corrected chi connectivity index (χ2v) is 9.23. The minimum Gasteiger partial charge on any atom is -0.414 e. The largest absolute Gasteiger partial charge is 0.414 e. The van der Waals surface area contributed by atoms with Crippen LogP contribution in [0.25, 0.3) is 10.9 Å². The van der Waals surface area contributed by atoms with Crippen molar-refractivity contribution in [2.24, 2.45) is 0 Å². The summed E-state index contributed by atoms with van der Waals surface area (Å²) in [5, 5.41) is 1.23. The molecular formula is C22H24N2O2S2. The van der Waals surface area contributed by atoms with Gasteiger partial charge in [0.2, 0.25) is 0 Å². The van der Waals surface area contributed by atoms with E-state index in [1.54, 1.807) is 11.8 Å². The van der Waals surface area contributed by atoms with E-state index in [2.05, 4.69) is 25.8 Å². The Morgan fingerprint density at radius 3 is 2.57 bits per heavy atom. The van der Waals surface area contributed by atoms with Gasteiger partial charge in [0.1, 0.15) is 5.69 Å². The number of benzene rings is 2. The molecule has 6 heteroatoms. The monoisotopic (exact) mass is 412 g/mol. The Kier molecular flexibility index (Phi) is 6.10. The zero-order chi connectivity index (χ0) is 20.3. The van der Waals surface area contributed by atoms with Crippen molar-refractivity contribution in [2.45, 2.75) is 37.5 Å². The van der Waals surface area contributed by atoms with Gasteiger partial charge in [0.15, 0.2) is 5.05 Å². The molecule has 3 aromatic rings. The Balaban J connectivity index is 1.73. The van der Waals surface area contributed by atoms with Crippen molar-refractivity contribution in [2.75, 3.05) is 11.5 Å². The molecule has 0 aliphatic carbocycles. The molecule has 0 unspecified atom stereocenters. The van der Waals surface area contributed by atoms with Crippen molar-refractivity contribution in [1.29, 1.82) is 0 Å². The van der Waals surface area contributed by atoms with E-state index in [-0.39, 0.29) is 5.41 Å². The fraction of sp³-hybridized carbons (Fsp3) is 0.273. The smallest absolute Gasteiger partial charge is 0.360 e. The Labute approximate surface area is 174 Å². The van der Waals surface area contributed by atoms with E-state index in [9.17, 15) is 4.79 Å². The van der Waals surface area contributed by atoms with Crippen molar-refractivity contribution < 1.29 is 9.53 Å². The normalized spacial score (nSPS) is 11.5. The van der Waals surface area contributed by atoms with Gasteiger partial charge in [-0.2, -0.15) is 0 Å². The highest BCUT2D eigenvalue weighted by atomic mass is 32.2. The number of thioether (sulfide) groups is 1. The Bertz CT molecular complexity index is 1000. The summed E-state index contributed by atoms with van der Waals surface area (Å²) in [4.78, 5) is 17.2. The van der Waals surface area contributed by atoms with Gasteiger partial charge in [-0.15, -0.1) is 11.8 Å². The second kappa shape index (κ2) is 8.37. The minimum atomic E-state index is -0.450. The number of rotatable bonds is 5. The summed E-state index contributed by atoms with van der Waals surface area (Å²) in [7, 11) is 0. The highest BCUT2D eigenvalue weighted by molar-refractivity contribution is 7.99. The molecule has 0 saturated heterocycles. The molecule has 0 aliphatic heterocycles. The molecule has 28 heavy (non-hydrogen) atoms. The fourth-order valence-corrected chi connectivity index (χ4v) is 4.30. The number of carbonyl (C=O) groups excluding carboxylic acids is 1. The van der Waals surface area contributed by atoms with Gasteiger partial charge in [-0.05, 0) is 53.5 Å². The highest BCUT2D eigenvalue weighted by Crippen LogP contribution is 2.35. The maximum Gasteiger partial charge on any atom is 0.360 e. The number of thiocarbonyl (C=S) groups is 1. The number of esters is 1. The van der Waals surface area contributed by atoms with Crippen molar-refractivity contribution >= 4 is 51.6 Å². The molecule has 0 fully saturated rings. The van der Waals surface area contributed by atoms with Crippen molar-refractivity contribution in [1.82, 2.24) is 4.98 Å². The van der Waals surface area contributed by atoms with E-state index in [4.69, 9.17) is 22.7 Å². The number of hydrogen-bond donors (Lipinski definition) is 2. The van der Waals surface area contributed by atoms with Gasteiger partial charge in [0, 0.05) is 33.7 Å². The van der Waals surface area contributed by atoms with Gasteiger partial charge in [0.25, 0.3) is 0 Å². The predicted molar refractivity (Wildman–Crippen MR) is 121 cm³/mol. The number of nitrogen functional groups attached to an aromatic ring is 1. The van der Waals surface area contributed by atoms with Crippen molar-refractivity contribution in [3.8, 4) is 0 Å². The molecule has 0 radical (unpaired) electrons. The van der Waals surface area contributed by atoms with Gasteiger partial charge in [0.05, 0.1) is 0 Å². The number of anilines is 1. The third-order valence-corrected chi connectivity index (χ3v) is 5.60. The summed E-state index contributed by atoms with van der Waals surface area (Å²) in [6, 6.07) is 15.7. The average molecular weight is 413 g/mol. The van der Waals surface area contributed by atoms with Crippen molar-refractivity contribution in [3.63, 3.8) is 0 Å². The van der Waals surface area contributed by atoms with Gasteiger partial charge < -0.3 is 15.5 Å². The first kappa shape index (κ1) is 20.4. The van der Waals surface area contributed by atoms with Crippen LogP contribution in [-0.4, -0.2) is 21.8 Å². The number of hydrogen-bond acceptors (Lipinski definition) is 5. The van der Waals surface area contributed by atoms with Crippen LogP contribution in [0, 0.1) is 0 Å². The third kappa shape index (κ3) is 4.75. The third-order valence-electron chi connectivity index (χ3n) is 4.30. The number of carbonyl (C=O) groups is 1. The lowest BCUT2D eigenvalue weighted by atomic mass is 9.84. The van der Waals surface area contributed by atoms with E-state index < -0.39 is 5.97 Å². The van der Waals surface area contributed by atoms with Crippen LogP contribution in [0.5, 0.6) is 0 Å². The van der Waals surface area contributed by atoms with E-state index >= 15 is 0 Å². The number of nitrogens with one attached hydrogen (secondary N) is 1. The second-order valence-electron chi connectivity index (χ2n) is 7.60. The maximum atomic E-state index is 12.8. The number of ether oxygens (including phenoxy) is 1. The van der Waals surface area contributed by atoms with Crippen LogP contribution in [0.15, 0.2) is 53.4 Å². The number of nitrogens with two attached hydrogens (primary N) is 1. The lowest BCUT2D eigenvalue weighted by molar-refractivity contribution is 0.0710. The van der Waals surface area contributed by atoms with Crippen LogP contribution in [0.3, 0.4) is 0 Å². The molecule has 0 atom stereocenters. The van der Waals surface area contributed by atoms with Crippen LogP contribution in [-0.2, 0) is 10.2 Å². The highest BCUT2D eigenvalue weighted by Gasteiger charge is 2.28. The standard InChI is InChI=1S/C22H24N2O2S2/c1-22(2,3)19-16-13-14(23)9-10-17(16)24-20(19)21(25)26-18(27)11-12-28-15-7-5-4-6-8-15/h4-10,13,24H,11-12,23H2,1-3H3. The Morgan fingerprint density at radius 1 is 1.18 bits per heavy atom. The molecular weight excluding hydrogens is 388 g/mol.